The van der Waals surface area contributed by atoms with Crippen LogP contribution in [0.15, 0.2) is 30.5 Å². The highest BCUT2D eigenvalue weighted by Crippen LogP contribution is 2.20. The van der Waals surface area contributed by atoms with E-state index >= 15 is 0 Å². The van der Waals surface area contributed by atoms with Crippen LogP contribution in [0.25, 0.3) is 0 Å². The van der Waals surface area contributed by atoms with E-state index in [9.17, 15) is 4.79 Å². The van der Waals surface area contributed by atoms with E-state index in [2.05, 4.69) is 16.0 Å². The van der Waals surface area contributed by atoms with Crippen molar-refractivity contribution in [1.29, 1.82) is 0 Å². The fraction of sp³-hybridized carbons (Fsp3) is 0.474. The van der Waals surface area contributed by atoms with Crippen LogP contribution in [0.1, 0.15) is 15.4 Å². The third-order valence-corrected chi connectivity index (χ3v) is 6.43. The Bertz CT molecular complexity index is 786. The Hall–Kier alpha value is -1.67. The molecule has 0 saturated carbocycles. The van der Waals surface area contributed by atoms with Gasteiger partial charge < -0.3 is 19.4 Å². The summed E-state index contributed by atoms with van der Waals surface area (Å²) in [5.41, 5.74) is 1.74. The van der Waals surface area contributed by atoms with Crippen molar-refractivity contribution in [2.75, 3.05) is 57.4 Å². The Balaban J connectivity index is 1.35. The number of H-pyrrole nitrogens is 1. The summed E-state index contributed by atoms with van der Waals surface area (Å²) in [5.74, 6) is 0.0864. The van der Waals surface area contributed by atoms with Gasteiger partial charge in [-0.25, -0.2) is 4.98 Å². The minimum Gasteiger partial charge on any atom is -0.378 e. The molecule has 0 unspecified atom stereocenters. The number of ether oxygens (including phenoxy) is 1. The number of nitrogens with zero attached hydrogens (tertiary/aromatic N) is 2. The molecule has 1 amide bonds. The molecular weight excluding hydrogens is 384 g/mol. The van der Waals surface area contributed by atoms with Gasteiger partial charge in [0, 0.05) is 30.9 Å². The second-order valence-corrected chi connectivity index (χ2v) is 8.78. The van der Waals surface area contributed by atoms with Crippen LogP contribution in [0.2, 0.25) is 4.34 Å². The van der Waals surface area contributed by atoms with Gasteiger partial charge in [0.05, 0.1) is 48.6 Å². The van der Waals surface area contributed by atoms with Gasteiger partial charge in [0.15, 0.2) is 6.20 Å². The summed E-state index contributed by atoms with van der Waals surface area (Å²) in [6.45, 7) is 7.68. The lowest BCUT2D eigenvalue weighted by atomic mass is 10.2. The van der Waals surface area contributed by atoms with Crippen molar-refractivity contribution in [3.8, 4) is 0 Å². The fourth-order valence-corrected chi connectivity index (χ4v) is 4.82. The number of quaternary nitrogens is 1. The van der Waals surface area contributed by atoms with Gasteiger partial charge in [-0.05, 0) is 12.1 Å². The van der Waals surface area contributed by atoms with Crippen molar-refractivity contribution in [2.24, 2.45) is 0 Å². The van der Waals surface area contributed by atoms with Gasteiger partial charge in [0.25, 0.3) is 5.69 Å². The highest BCUT2D eigenvalue weighted by atomic mass is 35.5. The minimum absolute atomic E-state index is 0.0864. The average molecular weight is 409 g/mol. The van der Waals surface area contributed by atoms with Crippen LogP contribution in [0.4, 0.5) is 5.69 Å². The number of thiophene rings is 1. The van der Waals surface area contributed by atoms with Gasteiger partial charge in [-0.1, -0.05) is 11.6 Å². The number of nitrogens with one attached hydrogen (secondary N) is 2. The monoisotopic (exact) mass is 408 g/mol. The number of pyridine rings is 1. The molecule has 0 radical (unpaired) electrons. The number of carbonyl (C=O) groups excluding carboxylic acids is 1. The largest absolute Gasteiger partial charge is 0.378 e. The van der Waals surface area contributed by atoms with Crippen LogP contribution in [0.3, 0.4) is 0 Å². The summed E-state index contributed by atoms with van der Waals surface area (Å²) in [6.07, 6.45) is 1.86. The molecule has 0 atom stereocenters. The van der Waals surface area contributed by atoms with E-state index in [1.807, 2.05) is 29.3 Å². The SMILES string of the molecule is O=C(c1cc(N2CCOCC2)cc[nH+]1)N1CC[NH+](Cc2ccc(Cl)s2)CC1. The van der Waals surface area contributed by atoms with Gasteiger partial charge >= 0.3 is 5.91 Å². The number of hydrogen-bond acceptors (Lipinski definition) is 4. The van der Waals surface area contributed by atoms with Gasteiger partial charge in [0.2, 0.25) is 0 Å². The summed E-state index contributed by atoms with van der Waals surface area (Å²) in [6, 6.07) is 8.05. The van der Waals surface area contributed by atoms with Crippen molar-refractivity contribution in [3.05, 3.63) is 45.4 Å². The molecule has 2 saturated heterocycles. The highest BCUT2D eigenvalue weighted by molar-refractivity contribution is 7.16. The number of piperazine rings is 1. The Morgan fingerprint density at radius 2 is 1.96 bits per heavy atom. The number of aromatic nitrogens is 1. The maximum absolute atomic E-state index is 12.9. The lowest BCUT2D eigenvalue weighted by Crippen LogP contribution is -3.13. The van der Waals surface area contributed by atoms with Crippen LogP contribution < -0.4 is 14.8 Å². The molecule has 0 spiro atoms. The molecule has 2 N–H and O–H groups in total. The zero-order chi connectivity index (χ0) is 18.6. The molecule has 27 heavy (non-hydrogen) atoms. The van der Waals surface area contributed by atoms with Crippen LogP contribution in [0, 0.1) is 0 Å². The van der Waals surface area contributed by atoms with Crippen molar-refractivity contribution < 1.29 is 19.4 Å². The molecule has 6 nitrogen and oxygen atoms in total. The second-order valence-electron chi connectivity index (χ2n) is 6.98. The third-order valence-electron chi connectivity index (χ3n) is 5.20. The minimum atomic E-state index is 0.0864. The van der Waals surface area contributed by atoms with Gasteiger partial charge in [-0.3, -0.25) is 4.79 Å². The number of hydrogen-bond donors (Lipinski definition) is 1. The molecule has 4 rings (SSSR count). The first-order valence-electron chi connectivity index (χ1n) is 9.40. The zero-order valence-electron chi connectivity index (χ0n) is 15.2. The first kappa shape index (κ1) is 18.7. The third kappa shape index (κ3) is 4.60. The lowest BCUT2D eigenvalue weighted by molar-refractivity contribution is -0.917. The Morgan fingerprint density at radius 1 is 1.19 bits per heavy atom. The zero-order valence-corrected chi connectivity index (χ0v) is 16.8. The lowest BCUT2D eigenvalue weighted by Gasteiger charge is -2.31. The normalized spacial score (nSPS) is 18.7. The molecule has 2 fully saturated rings. The maximum atomic E-state index is 12.9. The Labute approximate surface area is 168 Å². The Morgan fingerprint density at radius 3 is 2.67 bits per heavy atom. The summed E-state index contributed by atoms with van der Waals surface area (Å²) in [5, 5.41) is 0. The van der Waals surface area contributed by atoms with Gasteiger partial charge in [-0.15, -0.1) is 11.3 Å². The van der Waals surface area contributed by atoms with Crippen molar-refractivity contribution in [1.82, 2.24) is 4.90 Å². The Kier molecular flexibility index (Phi) is 5.92. The topological polar surface area (TPSA) is 51.4 Å². The van der Waals surface area contributed by atoms with E-state index in [1.54, 1.807) is 11.3 Å². The number of anilines is 1. The van der Waals surface area contributed by atoms with E-state index in [4.69, 9.17) is 16.3 Å². The smallest absolute Gasteiger partial charge is 0.319 e. The van der Waals surface area contributed by atoms with E-state index in [1.165, 1.54) is 9.78 Å². The van der Waals surface area contributed by atoms with Crippen LogP contribution in [-0.4, -0.2) is 63.3 Å². The first-order chi connectivity index (χ1) is 13.2. The molecule has 8 heteroatoms. The molecule has 144 valence electrons. The van der Waals surface area contributed by atoms with E-state index in [-0.39, 0.29) is 5.91 Å². The van der Waals surface area contributed by atoms with Crippen molar-refractivity contribution in [2.45, 2.75) is 6.54 Å². The number of morpholine rings is 1. The summed E-state index contributed by atoms with van der Waals surface area (Å²) >= 11 is 7.67. The maximum Gasteiger partial charge on any atom is 0.319 e. The van der Waals surface area contributed by atoms with E-state index < -0.39 is 0 Å². The van der Waals surface area contributed by atoms with Crippen LogP contribution in [-0.2, 0) is 11.3 Å². The summed E-state index contributed by atoms with van der Waals surface area (Å²) in [7, 11) is 0. The standard InChI is InChI=1S/C19H23ClN4O2S/c20-18-2-1-16(27-18)14-22-5-7-24(8-6-22)19(25)17-13-15(3-4-21-17)23-9-11-26-12-10-23/h1-4,13H,5-12,14H2/p+2. The second kappa shape index (κ2) is 8.56. The van der Waals surface area contributed by atoms with Crippen LogP contribution >= 0.6 is 22.9 Å². The fourth-order valence-electron chi connectivity index (χ4n) is 3.66. The average Bonchev–Trinajstić information content (AvgIpc) is 3.13. The van der Waals surface area contributed by atoms with Gasteiger partial charge in [-0.2, -0.15) is 0 Å². The molecule has 2 aromatic heterocycles. The summed E-state index contributed by atoms with van der Waals surface area (Å²) < 4.78 is 6.26. The van der Waals surface area contributed by atoms with Crippen molar-refractivity contribution >= 4 is 34.5 Å². The number of carbonyl (C=O) groups is 1. The van der Waals surface area contributed by atoms with Crippen molar-refractivity contribution in [3.63, 3.8) is 0 Å². The highest BCUT2D eigenvalue weighted by Gasteiger charge is 2.28. The molecule has 0 bridgehead atoms. The van der Waals surface area contributed by atoms with Crippen LogP contribution in [0.5, 0.6) is 0 Å². The molecule has 2 aromatic rings. The molecule has 4 heterocycles. The summed E-state index contributed by atoms with van der Waals surface area (Å²) in [4.78, 5) is 23.1. The molecule has 0 aliphatic carbocycles. The predicted octanol–water partition coefficient (Wildman–Crippen LogP) is 0.593. The molecule has 2 aliphatic rings. The van der Waals surface area contributed by atoms with E-state index in [0.717, 1.165) is 69.1 Å². The quantitative estimate of drug-likeness (QED) is 0.805. The first-order valence-corrected chi connectivity index (χ1v) is 10.6. The molecular formula is C19H25ClN4O2S+2. The van der Waals surface area contributed by atoms with Gasteiger partial charge in [0.1, 0.15) is 6.54 Å². The molecule has 0 aromatic carbocycles. The molecule has 2 aliphatic heterocycles. The number of halogens is 1. The number of amides is 1. The predicted molar refractivity (Wildman–Crippen MR) is 106 cm³/mol. The van der Waals surface area contributed by atoms with E-state index in [0.29, 0.717) is 5.69 Å². The number of aromatic amines is 1. The number of rotatable bonds is 4.